The molecule has 2 aliphatic rings. The largest absolute Gasteiger partial charge is 0.308 e. The first kappa shape index (κ1) is 12.6. The van der Waals surface area contributed by atoms with E-state index in [2.05, 4.69) is 38.2 Å². The molecule has 0 amide bonds. The zero-order valence-electron chi connectivity index (χ0n) is 11.8. The number of hydrogen-bond acceptors (Lipinski definition) is 4. The molecule has 0 aliphatic carbocycles. The van der Waals surface area contributed by atoms with Crippen LogP contribution in [-0.2, 0) is 5.54 Å². The van der Waals surface area contributed by atoms with Gasteiger partial charge in [0.1, 0.15) is 5.01 Å². The van der Waals surface area contributed by atoms with E-state index in [0.717, 1.165) is 12.1 Å². The summed E-state index contributed by atoms with van der Waals surface area (Å²) in [6.07, 6.45) is 5.13. The van der Waals surface area contributed by atoms with Gasteiger partial charge in [-0.3, -0.25) is 0 Å². The van der Waals surface area contributed by atoms with Crippen LogP contribution < -0.4 is 5.32 Å². The van der Waals surface area contributed by atoms with Crippen LogP contribution >= 0.6 is 11.3 Å². The van der Waals surface area contributed by atoms with Crippen molar-refractivity contribution in [2.24, 2.45) is 0 Å². The van der Waals surface area contributed by atoms with Gasteiger partial charge in [0.2, 0.25) is 0 Å². The molecule has 18 heavy (non-hydrogen) atoms. The Morgan fingerprint density at radius 3 is 2.33 bits per heavy atom. The maximum atomic E-state index is 4.84. The molecule has 3 nitrogen and oxygen atoms in total. The van der Waals surface area contributed by atoms with E-state index >= 15 is 0 Å². The zero-order valence-corrected chi connectivity index (χ0v) is 12.6. The number of aryl methyl sites for hydroxylation is 2. The van der Waals surface area contributed by atoms with Crippen molar-refractivity contribution < 1.29 is 0 Å². The number of piperidine rings is 1. The third kappa shape index (κ3) is 1.74. The second kappa shape index (κ2) is 4.29. The van der Waals surface area contributed by atoms with Crippen LogP contribution in [0.2, 0.25) is 0 Å². The summed E-state index contributed by atoms with van der Waals surface area (Å²) >= 11 is 1.89. The molecule has 0 spiro atoms. The molecule has 0 aromatic carbocycles. The smallest absolute Gasteiger partial charge is 0.113 e. The molecule has 2 saturated heterocycles. The van der Waals surface area contributed by atoms with E-state index in [1.165, 1.54) is 41.3 Å². The van der Waals surface area contributed by atoms with Gasteiger partial charge in [-0.2, -0.15) is 0 Å². The molecular weight excluding hydrogens is 242 g/mol. The molecule has 2 unspecified atom stereocenters. The van der Waals surface area contributed by atoms with Crippen molar-refractivity contribution in [1.82, 2.24) is 15.2 Å². The molecule has 3 rings (SSSR count). The standard InChI is InChI=1S/C14H23N3S/c1-9-10(2)18-13(16-9)14(15-3)7-11-5-6-12(8-14)17(11)4/h11-12,15H,5-8H2,1-4H3. The Bertz CT molecular complexity index is 420. The van der Waals surface area contributed by atoms with Crippen LogP contribution in [0.5, 0.6) is 0 Å². The van der Waals surface area contributed by atoms with E-state index in [1.807, 2.05) is 11.3 Å². The Morgan fingerprint density at radius 1 is 1.28 bits per heavy atom. The Labute approximate surface area is 114 Å². The molecular formula is C14H23N3S. The lowest BCUT2D eigenvalue weighted by Gasteiger charge is -2.44. The molecule has 1 N–H and O–H groups in total. The minimum absolute atomic E-state index is 0.127. The lowest BCUT2D eigenvalue weighted by molar-refractivity contribution is 0.0938. The summed E-state index contributed by atoms with van der Waals surface area (Å²) in [5.74, 6) is 0. The molecule has 3 heterocycles. The Morgan fingerprint density at radius 2 is 1.89 bits per heavy atom. The van der Waals surface area contributed by atoms with E-state index in [-0.39, 0.29) is 5.54 Å². The molecule has 2 bridgehead atoms. The highest BCUT2D eigenvalue weighted by Gasteiger charge is 2.48. The molecule has 0 saturated carbocycles. The van der Waals surface area contributed by atoms with E-state index in [9.17, 15) is 0 Å². The minimum atomic E-state index is 0.127. The van der Waals surface area contributed by atoms with Crippen LogP contribution in [0.4, 0.5) is 0 Å². The SMILES string of the molecule is CNC1(c2nc(C)c(C)s2)CC2CCC(C1)N2C. The fourth-order valence-corrected chi connectivity index (χ4v) is 4.76. The highest BCUT2D eigenvalue weighted by Crippen LogP contribution is 2.45. The Hall–Kier alpha value is -0.450. The molecule has 1 aromatic rings. The lowest BCUT2D eigenvalue weighted by atomic mass is 9.83. The predicted molar refractivity (Wildman–Crippen MR) is 76.1 cm³/mol. The quantitative estimate of drug-likeness (QED) is 0.890. The summed E-state index contributed by atoms with van der Waals surface area (Å²) in [5, 5.41) is 4.93. The fourth-order valence-electron chi connectivity index (χ4n) is 3.63. The monoisotopic (exact) mass is 265 g/mol. The van der Waals surface area contributed by atoms with Crippen molar-refractivity contribution in [3.63, 3.8) is 0 Å². The van der Waals surface area contributed by atoms with Gasteiger partial charge in [-0.05, 0) is 53.6 Å². The van der Waals surface area contributed by atoms with Crippen molar-refractivity contribution in [2.75, 3.05) is 14.1 Å². The lowest BCUT2D eigenvalue weighted by Crippen LogP contribution is -2.53. The number of hydrogen-bond donors (Lipinski definition) is 1. The normalized spacial score (nSPS) is 36.2. The molecule has 0 radical (unpaired) electrons. The summed E-state index contributed by atoms with van der Waals surface area (Å²) in [6.45, 7) is 4.31. The summed E-state index contributed by atoms with van der Waals surface area (Å²) < 4.78 is 0. The molecule has 4 heteroatoms. The van der Waals surface area contributed by atoms with Crippen LogP contribution in [0.15, 0.2) is 0 Å². The van der Waals surface area contributed by atoms with Crippen molar-refractivity contribution >= 4 is 11.3 Å². The van der Waals surface area contributed by atoms with Crippen LogP contribution in [-0.4, -0.2) is 36.1 Å². The number of fused-ring (bicyclic) bond motifs is 2. The second-order valence-electron chi connectivity index (χ2n) is 5.95. The van der Waals surface area contributed by atoms with Gasteiger partial charge in [0.25, 0.3) is 0 Å². The average Bonchev–Trinajstić information content (AvgIpc) is 2.78. The third-order valence-electron chi connectivity index (χ3n) is 5.07. The van der Waals surface area contributed by atoms with Crippen LogP contribution in [0.25, 0.3) is 0 Å². The van der Waals surface area contributed by atoms with E-state index in [0.29, 0.717) is 0 Å². The fraction of sp³-hybridized carbons (Fsp3) is 0.786. The maximum absolute atomic E-state index is 4.84. The molecule has 2 atom stereocenters. The van der Waals surface area contributed by atoms with Gasteiger partial charge in [0.15, 0.2) is 0 Å². The second-order valence-corrected chi connectivity index (χ2v) is 7.15. The van der Waals surface area contributed by atoms with Gasteiger partial charge >= 0.3 is 0 Å². The minimum Gasteiger partial charge on any atom is -0.308 e. The Kier molecular flexibility index (Phi) is 3.00. The first-order valence-corrected chi connectivity index (χ1v) is 7.73. The number of rotatable bonds is 2. The summed E-state index contributed by atoms with van der Waals surface area (Å²) in [7, 11) is 4.40. The highest BCUT2D eigenvalue weighted by atomic mass is 32.1. The average molecular weight is 265 g/mol. The van der Waals surface area contributed by atoms with E-state index in [4.69, 9.17) is 4.98 Å². The summed E-state index contributed by atoms with van der Waals surface area (Å²) in [5.41, 5.74) is 1.33. The van der Waals surface area contributed by atoms with Gasteiger partial charge in [-0.1, -0.05) is 0 Å². The van der Waals surface area contributed by atoms with Gasteiger partial charge in [-0.25, -0.2) is 4.98 Å². The number of nitrogens with zero attached hydrogens (tertiary/aromatic N) is 2. The van der Waals surface area contributed by atoms with Crippen molar-refractivity contribution in [2.45, 2.75) is 57.2 Å². The van der Waals surface area contributed by atoms with Gasteiger partial charge in [-0.15, -0.1) is 11.3 Å². The summed E-state index contributed by atoms with van der Waals surface area (Å²) in [6, 6.07) is 1.47. The molecule has 2 fully saturated rings. The van der Waals surface area contributed by atoms with Crippen molar-refractivity contribution in [3.05, 3.63) is 15.6 Å². The predicted octanol–water partition coefficient (Wildman–Crippen LogP) is 2.43. The Balaban J connectivity index is 1.96. The molecule has 100 valence electrons. The third-order valence-corrected chi connectivity index (χ3v) is 6.35. The van der Waals surface area contributed by atoms with Crippen LogP contribution in [0.1, 0.15) is 41.3 Å². The number of nitrogens with one attached hydrogen (secondary N) is 1. The topological polar surface area (TPSA) is 28.2 Å². The zero-order chi connectivity index (χ0) is 12.9. The van der Waals surface area contributed by atoms with E-state index in [1.54, 1.807) is 0 Å². The van der Waals surface area contributed by atoms with Gasteiger partial charge in [0.05, 0.1) is 11.2 Å². The van der Waals surface area contributed by atoms with Crippen LogP contribution in [0, 0.1) is 13.8 Å². The van der Waals surface area contributed by atoms with Gasteiger partial charge < -0.3 is 10.2 Å². The number of aromatic nitrogens is 1. The van der Waals surface area contributed by atoms with E-state index < -0.39 is 0 Å². The maximum Gasteiger partial charge on any atom is 0.113 e. The summed E-state index contributed by atoms with van der Waals surface area (Å²) in [4.78, 5) is 8.79. The number of thiazole rings is 1. The highest BCUT2D eigenvalue weighted by molar-refractivity contribution is 7.11. The van der Waals surface area contributed by atoms with Crippen molar-refractivity contribution in [1.29, 1.82) is 0 Å². The molecule has 2 aliphatic heterocycles. The van der Waals surface area contributed by atoms with Crippen LogP contribution in [0.3, 0.4) is 0 Å². The van der Waals surface area contributed by atoms with Crippen molar-refractivity contribution in [3.8, 4) is 0 Å². The first-order valence-electron chi connectivity index (χ1n) is 6.91. The van der Waals surface area contributed by atoms with Gasteiger partial charge in [0, 0.05) is 17.0 Å². The first-order chi connectivity index (χ1) is 8.55. The molecule has 1 aromatic heterocycles.